The lowest BCUT2D eigenvalue weighted by Crippen LogP contribution is -2.72. The summed E-state index contributed by atoms with van der Waals surface area (Å²) in [6, 6.07) is 11.8. The summed E-state index contributed by atoms with van der Waals surface area (Å²) in [6.07, 6.45) is 5.92. The van der Waals surface area contributed by atoms with Crippen LogP contribution < -0.4 is 5.32 Å². The Kier molecular flexibility index (Phi) is 4.77. The third kappa shape index (κ3) is 2.91. The molecule has 2 saturated carbocycles. The lowest BCUT2D eigenvalue weighted by Gasteiger charge is -2.63. The Balaban J connectivity index is 1.14. The number of likely N-dealkylation sites (tertiary alicyclic amines) is 1. The van der Waals surface area contributed by atoms with E-state index in [0.717, 1.165) is 45.4 Å². The molecule has 6 heteroatoms. The van der Waals surface area contributed by atoms with E-state index in [-0.39, 0.29) is 6.10 Å². The number of hydrogen-bond donors (Lipinski definition) is 1. The molecule has 5 unspecified atom stereocenters. The summed E-state index contributed by atoms with van der Waals surface area (Å²) in [7, 11) is 1.93. The fraction of sp³-hybridized carbons (Fsp3) is 0.708. The minimum Gasteiger partial charge on any atom is -0.377 e. The Morgan fingerprint density at radius 3 is 2.80 bits per heavy atom. The molecule has 5 aliphatic rings. The predicted octanol–water partition coefficient (Wildman–Crippen LogP) is 2.10. The molecule has 0 aromatic heterocycles. The van der Waals surface area contributed by atoms with Gasteiger partial charge in [0.25, 0.3) is 0 Å². The molecule has 0 bridgehead atoms. The van der Waals surface area contributed by atoms with Crippen molar-refractivity contribution >= 4 is 5.96 Å². The lowest BCUT2D eigenvalue weighted by molar-refractivity contribution is -0.171. The molecule has 1 N–H and O–H groups in total. The predicted molar refractivity (Wildman–Crippen MR) is 116 cm³/mol. The number of ether oxygens (including phenoxy) is 2. The lowest BCUT2D eigenvalue weighted by atomic mass is 9.46. The molecule has 1 spiro atoms. The van der Waals surface area contributed by atoms with Crippen LogP contribution in [0.4, 0.5) is 0 Å². The Hall–Kier alpha value is -1.63. The zero-order chi connectivity index (χ0) is 20.1. The quantitative estimate of drug-likeness (QED) is 0.611. The third-order valence-corrected chi connectivity index (χ3v) is 8.48. The Morgan fingerprint density at radius 1 is 1.17 bits per heavy atom. The molecule has 6 rings (SSSR count). The summed E-state index contributed by atoms with van der Waals surface area (Å²) >= 11 is 0. The van der Waals surface area contributed by atoms with Gasteiger partial charge in [-0.15, -0.1) is 0 Å². The number of aliphatic imine (C=N–C) groups is 1. The second kappa shape index (κ2) is 7.50. The molecule has 3 heterocycles. The highest BCUT2D eigenvalue weighted by molar-refractivity contribution is 5.81. The first kappa shape index (κ1) is 19.1. The van der Waals surface area contributed by atoms with Crippen molar-refractivity contribution in [3.8, 4) is 0 Å². The first-order valence-corrected chi connectivity index (χ1v) is 11.8. The number of nitrogens with zero attached hydrogens (tertiary/aromatic N) is 3. The Morgan fingerprint density at radius 2 is 2.03 bits per heavy atom. The minimum atomic E-state index is 0.266. The monoisotopic (exact) mass is 410 g/mol. The highest BCUT2D eigenvalue weighted by atomic mass is 16.5. The van der Waals surface area contributed by atoms with Crippen LogP contribution in [0.1, 0.15) is 31.2 Å². The van der Waals surface area contributed by atoms with Crippen LogP contribution in [-0.4, -0.2) is 79.9 Å². The molecular formula is C24H34N4O2. The van der Waals surface area contributed by atoms with Crippen LogP contribution in [0, 0.1) is 11.3 Å². The number of hydrogen-bond acceptors (Lipinski definition) is 4. The van der Waals surface area contributed by atoms with Gasteiger partial charge in [-0.3, -0.25) is 9.89 Å². The zero-order valence-electron chi connectivity index (χ0n) is 18.0. The van der Waals surface area contributed by atoms with Crippen molar-refractivity contribution in [1.82, 2.24) is 15.1 Å². The van der Waals surface area contributed by atoms with Gasteiger partial charge >= 0.3 is 0 Å². The van der Waals surface area contributed by atoms with E-state index in [0.29, 0.717) is 29.5 Å². The summed E-state index contributed by atoms with van der Waals surface area (Å²) in [4.78, 5) is 9.76. The van der Waals surface area contributed by atoms with Crippen molar-refractivity contribution in [2.45, 2.75) is 56.5 Å². The summed E-state index contributed by atoms with van der Waals surface area (Å²) in [5, 5.41) is 3.91. The molecule has 2 aliphatic carbocycles. The highest BCUT2D eigenvalue weighted by Crippen LogP contribution is 2.62. The van der Waals surface area contributed by atoms with Gasteiger partial charge in [-0.25, -0.2) is 0 Å². The molecule has 5 fully saturated rings. The van der Waals surface area contributed by atoms with Crippen molar-refractivity contribution < 1.29 is 9.47 Å². The van der Waals surface area contributed by atoms with Crippen molar-refractivity contribution in [2.24, 2.45) is 16.3 Å². The van der Waals surface area contributed by atoms with Gasteiger partial charge in [0.2, 0.25) is 0 Å². The van der Waals surface area contributed by atoms with E-state index in [2.05, 4.69) is 45.4 Å². The van der Waals surface area contributed by atoms with Crippen LogP contribution in [0.5, 0.6) is 0 Å². The molecule has 6 nitrogen and oxygen atoms in total. The Labute approximate surface area is 179 Å². The largest absolute Gasteiger partial charge is 0.377 e. The Bertz CT molecular complexity index is 796. The zero-order valence-corrected chi connectivity index (χ0v) is 18.0. The van der Waals surface area contributed by atoms with Gasteiger partial charge in [0, 0.05) is 57.2 Å². The first-order chi connectivity index (χ1) is 14.8. The van der Waals surface area contributed by atoms with Crippen LogP contribution in [0.2, 0.25) is 0 Å². The van der Waals surface area contributed by atoms with Gasteiger partial charge in [0.1, 0.15) is 0 Å². The smallest absolute Gasteiger partial charge is 0.194 e. The van der Waals surface area contributed by atoms with E-state index >= 15 is 0 Å². The summed E-state index contributed by atoms with van der Waals surface area (Å²) in [5.41, 5.74) is 1.76. The van der Waals surface area contributed by atoms with Crippen molar-refractivity contribution in [3.05, 3.63) is 35.9 Å². The van der Waals surface area contributed by atoms with Crippen LogP contribution in [-0.2, 0) is 16.0 Å². The maximum absolute atomic E-state index is 6.20. The molecule has 0 radical (unpaired) electrons. The average molecular weight is 411 g/mol. The fourth-order valence-corrected chi connectivity index (χ4v) is 6.84. The van der Waals surface area contributed by atoms with Gasteiger partial charge in [-0.1, -0.05) is 36.8 Å². The van der Waals surface area contributed by atoms with E-state index < -0.39 is 0 Å². The maximum Gasteiger partial charge on any atom is 0.194 e. The van der Waals surface area contributed by atoms with Gasteiger partial charge in [0.15, 0.2) is 5.96 Å². The highest BCUT2D eigenvalue weighted by Gasteiger charge is 2.67. The second-order valence-corrected chi connectivity index (χ2v) is 9.84. The van der Waals surface area contributed by atoms with E-state index in [1.165, 1.54) is 31.2 Å². The number of nitrogens with one attached hydrogen (secondary N) is 1. The number of guanidine groups is 1. The van der Waals surface area contributed by atoms with Crippen LogP contribution >= 0.6 is 0 Å². The number of fused-ring (bicyclic) bond motifs is 3. The third-order valence-electron chi connectivity index (χ3n) is 8.48. The van der Waals surface area contributed by atoms with Crippen LogP contribution in [0.25, 0.3) is 0 Å². The normalized spacial score (nSPS) is 37.4. The summed E-state index contributed by atoms with van der Waals surface area (Å²) in [6.45, 7) is 5.67. The number of morpholine rings is 1. The molecule has 0 amide bonds. The minimum absolute atomic E-state index is 0.266. The van der Waals surface area contributed by atoms with Gasteiger partial charge in [0.05, 0.1) is 24.9 Å². The number of benzene rings is 1. The molecule has 3 saturated heterocycles. The van der Waals surface area contributed by atoms with Crippen LogP contribution in [0.3, 0.4) is 0 Å². The fourth-order valence-electron chi connectivity index (χ4n) is 6.84. The SMILES string of the molecule is CN=C(NC1C2CCOC2C12CCC2)N1CC2OCCN(Cc3ccccc3)C2C1. The molecule has 30 heavy (non-hydrogen) atoms. The van der Waals surface area contributed by atoms with Crippen molar-refractivity contribution in [1.29, 1.82) is 0 Å². The first-order valence-electron chi connectivity index (χ1n) is 11.8. The van der Waals surface area contributed by atoms with Gasteiger partial charge in [-0.05, 0) is 24.8 Å². The molecule has 1 aromatic carbocycles. The van der Waals surface area contributed by atoms with E-state index in [9.17, 15) is 0 Å². The average Bonchev–Trinajstić information content (AvgIpc) is 3.34. The summed E-state index contributed by atoms with van der Waals surface area (Å²) < 4.78 is 12.3. The summed E-state index contributed by atoms with van der Waals surface area (Å²) in [5.74, 6) is 1.73. The second-order valence-electron chi connectivity index (χ2n) is 9.84. The molecular weight excluding hydrogens is 376 g/mol. The van der Waals surface area contributed by atoms with Crippen molar-refractivity contribution in [3.63, 3.8) is 0 Å². The van der Waals surface area contributed by atoms with Crippen molar-refractivity contribution in [2.75, 3.05) is 39.9 Å². The molecule has 1 aromatic rings. The van der Waals surface area contributed by atoms with E-state index in [1.54, 1.807) is 0 Å². The molecule has 3 aliphatic heterocycles. The van der Waals surface area contributed by atoms with E-state index in [1.807, 2.05) is 7.05 Å². The van der Waals surface area contributed by atoms with Gasteiger partial charge in [-0.2, -0.15) is 0 Å². The van der Waals surface area contributed by atoms with Crippen LogP contribution in [0.15, 0.2) is 35.3 Å². The maximum atomic E-state index is 6.20. The molecule has 5 atom stereocenters. The number of rotatable bonds is 3. The molecule has 162 valence electrons. The van der Waals surface area contributed by atoms with Gasteiger partial charge < -0.3 is 19.7 Å². The topological polar surface area (TPSA) is 49.3 Å². The standard InChI is InChI=1S/C24H34N4O2/c1-25-23(26-21-18-8-12-30-22(18)24(21)9-5-10-24)28-15-19-20(16-28)29-13-11-27(19)14-17-6-3-2-4-7-17/h2-4,6-7,18-22H,5,8-16H2,1H3,(H,25,26). The van der Waals surface area contributed by atoms with E-state index in [4.69, 9.17) is 14.5 Å².